The quantitative estimate of drug-likeness (QED) is 0.643. The molecule has 0 aliphatic carbocycles. The Morgan fingerprint density at radius 1 is 1.24 bits per heavy atom. The van der Waals surface area contributed by atoms with E-state index in [9.17, 15) is 13.2 Å². The van der Waals surface area contributed by atoms with Crippen molar-refractivity contribution in [1.82, 2.24) is 4.31 Å². The van der Waals surface area contributed by atoms with Gasteiger partial charge in [-0.1, -0.05) is 30.3 Å². The van der Waals surface area contributed by atoms with Crippen molar-refractivity contribution in [3.63, 3.8) is 0 Å². The van der Waals surface area contributed by atoms with Crippen LogP contribution in [0.25, 0.3) is 10.8 Å². The molecule has 1 aliphatic heterocycles. The summed E-state index contributed by atoms with van der Waals surface area (Å²) < 4.78 is 29.2. The maximum atomic E-state index is 11.6. The molecule has 1 aliphatic rings. The van der Waals surface area contributed by atoms with Crippen LogP contribution in [-0.2, 0) is 14.0 Å². The average molecular weight is 326 g/mol. The smallest absolute Gasteiger partial charge is 0.324 e. The molecule has 0 radical (unpaired) electrons. The molecule has 0 spiro atoms. The van der Waals surface area contributed by atoms with E-state index in [0.717, 1.165) is 10.8 Å². The van der Waals surface area contributed by atoms with Gasteiger partial charge in [0.1, 0.15) is 5.75 Å². The van der Waals surface area contributed by atoms with Gasteiger partial charge >= 0.3 is 9.24 Å². The minimum absolute atomic E-state index is 0.0936. The minimum Gasteiger partial charge on any atom is -0.496 e. The number of benzene rings is 2. The lowest BCUT2D eigenvalue weighted by molar-refractivity contribution is -0.137. The Bertz CT molecular complexity index is 834. The zero-order chi connectivity index (χ0) is 15.2. The third-order valence-electron chi connectivity index (χ3n) is 3.62. The van der Waals surface area contributed by atoms with Crippen molar-refractivity contribution in [2.45, 2.75) is 12.5 Å². The first-order valence-corrected chi connectivity index (χ1v) is 8.52. The van der Waals surface area contributed by atoms with Gasteiger partial charge in [-0.15, -0.1) is 0 Å². The van der Waals surface area contributed by atoms with E-state index in [0.29, 0.717) is 15.6 Å². The van der Waals surface area contributed by atoms with E-state index in [1.807, 2.05) is 30.3 Å². The zero-order valence-electron chi connectivity index (χ0n) is 11.1. The third-order valence-corrected chi connectivity index (χ3v) is 4.99. The van der Waals surface area contributed by atoms with Gasteiger partial charge in [-0.25, -0.2) is 4.31 Å². The summed E-state index contributed by atoms with van der Waals surface area (Å²) in [5, 5.41) is 1.79. The van der Waals surface area contributed by atoms with Gasteiger partial charge in [0.2, 0.25) is 5.91 Å². The van der Waals surface area contributed by atoms with Crippen LogP contribution in [0.3, 0.4) is 0 Å². The van der Waals surface area contributed by atoms with Gasteiger partial charge in [0.25, 0.3) is 0 Å². The van der Waals surface area contributed by atoms with E-state index in [1.165, 1.54) is 7.11 Å². The van der Waals surface area contributed by atoms with Crippen LogP contribution in [0.15, 0.2) is 36.4 Å². The van der Waals surface area contributed by atoms with Crippen LogP contribution in [0.1, 0.15) is 18.0 Å². The van der Waals surface area contributed by atoms with Gasteiger partial charge in [0.05, 0.1) is 19.6 Å². The fourth-order valence-electron chi connectivity index (χ4n) is 2.69. The van der Waals surface area contributed by atoms with E-state index in [-0.39, 0.29) is 6.42 Å². The summed E-state index contributed by atoms with van der Waals surface area (Å²) in [4.78, 5) is 11.6. The topological polar surface area (TPSA) is 63.7 Å². The number of β-lactam (4-membered cyclic amide) rings is 1. The fourth-order valence-corrected chi connectivity index (χ4v) is 4.01. The van der Waals surface area contributed by atoms with E-state index in [4.69, 9.17) is 15.4 Å². The second-order valence-corrected chi connectivity index (χ2v) is 7.14. The van der Waals surface area contributed by atoms with Crippen molar-refractivity contribution in [3.8, 4) is 5.75 Å². The van der Waals surface area contributed by atoms with E-state index in [1.54, 1.807) is 6.07 Å². The van der Waals surface area contributed by atoms with Crippen molar-refractivity contribution in [1.29, 1.82) is 0 Å². The fraction of sp³-hybridized carbons (Fsp3) is 0.214. The van der Waals surface area contributed by atoms with Crippen molar-refractivity contribution in [3.05, 3.63) is 42.0 Å². The van der Waals surface area contributed by atoms with Crippen molar-refractivity contribution < 1.29 is 17.9 Å². The van der Waals surface area contributed by atoms with Crippen LogP contribution in [-0.4, -0.2) is 25.7 Å². The average Bonchev–Trinajstić information content (AvgIpc) is 2.41. The Hall–Kier alpha value is -1.79. The lowest BCUT2D eigenvalue weighted by Crippen LogP contribution is -2.48. The molecule has 0 saturated carbocycles. The van der Waals surface area contributed by atoms with Crippen LogP contribution in [0.2, 0.25) is 0 Å². The number of carbonyl (C=O) groups is 1. The summed E-state index contributed by atoms with van der Waals surface area (Å²) >= 11 is 0. The highest BCUT2D eigenvalue weighted by Crippen LogP contribution is 2.45. The summed E-state index contributed by atoms with van der Waals surface area (Å²) in [5.74, 6) is 0.0292. The SMILES string of the molecule is COc1ccc2ccccc2c1C1CC(=O)N1S(=O)(=O)Cl. The summed E-state index contributed by atoms with van der Waals surface area (Å²) in [5.41, 5.74) is 0.666. The second kappa shape index (κ2) is 4.89. The van der Waals surface area contributed by atoms with Gasteiger partial charge in [-0.05, 0) is 16.8 Å². The predicted molar refractivity (Wildman–Crippen MR) is 79.5 cm³/mol. The number of nitrogens with zero attached hydrogens (tertiary/aromatic N) is 1. The molecule has 1 atom stereocenters. The Morgan fingerprint density at radius 3 is 2.57 bits per heavy atom. The largest absolute Gasteiger partial charge is 0.496 e. The molecule has 1 saturated heterocycles. The van der Waals surface area contributed by atoms with Gasteiger partial charge in [-0.2, -0.15) is 8.42 Å². The number of amides is 1. The molecule has 1 fully saturated rings. The van der Waals surface area contributed by atoms with Gasteiger partial charge in [0.15, 0.2) is 0 Å². The first-order valence-electron chi connectivity index (χ1n) is 6.26. The Kier molecular flexibility index (Phi) is 3.30. The number of ether oxygens (including phenoxy) is 1. The maximum absolute atomic E-state index is 11.6. The molecule has 0 bridgehead atoms. The molecule has 110 valence electrons. The number of hydrogen-bond donors (Lipinski definition) is 0. The first kappa shape index (κ1) is 14.2. The Morgan fingerprint density at radius 2 is 1.95 bits per heavy atom. The highest BCUT2D eigenvalue weighted by molar-refractivity contribution is 8.12. The molecule has 2 aromatic rings. The number of rotatable bonds is 3. The standard InChI is InChI=1S/C14H12ClNO4S/c1-20-12-7-6-9-4-2-3-5-10(9)14(12)11-8-13(17)16(11)21(15,18)19/h2-7,11H,8H2,1H3. The Balaban J connectivity index is 2.22. The summed E-state index contributed by atoms with van der Waals surface area (Å²) in [6, 6.07) is 10.6. The molecule has 5 nitrogen and oxygen atoms in total. The van der Waals surface area contributed by atoms with Crippen molar-refractivity contribution in [2.24, 2.45) is 0 Å². The summed E-state index contributed by atoms with van der Waals surface area (Å²) in [6.45, 7) is 0. The molecule has 0 aromatic heterocycles. The third kappa shape index (κ3) is 2.24. The van der Waals surface area contributed by atoms with Crippen LogP contribution in [0, 0.1) is 0 Å². The highest BCUT2D eigenvalue weighted by Gasteiger charge is 2.46. The van der Waals surface area contributed by atoms with Crippen molar-refractivity contribution >= 4 is 36.6 Å². The van der Waals surface area contributed by atoms with Crippen LogP contribution in [0.4, 0.5) is 0 Å². The molecule has 0 N–H and O–H groups in total. The number of carbonyl (C=O) groups excluding carboxylic acids is 1. The molecule has 2 aromatic carbocycles. The Labute approximate surface area is 126 Å². The van der Waals surface area contributed by atoms with Crippen LogP contribution >= 0.6 is 10.7 Å². The van der Waals surface area contributed by atoms with Crippen molar-refractivity contribution in [2.75, 3.05) is 7.11 Å². The summed E-state index contributed by atoms with van der Waals surface area (Å²) in [6.07, 6.45) is 0.0936. The maximum Gasteiger partial charge on any atom is 0.324 e. The highest BCUT2D eigenvalue weighted by atomic mass is 35.7. The molecule has 1 heterocycles. The van der Waals surface area contributed by atoms with E-state index >= 15 is 0 Å². The van der Waals surface area contributed by atoms with E-state index < -0.39 is 21.2 Å². The lowest BCUT2D eigenvalue weighted by atomic mass is 9.91. The van der Waals surface area contributed by atoms with Crippen LogP contribution < -0.4 is 4.74 Å². The van der Waals surface area contributed by atoms with Gasteiger partial charge in [0, 0.05) is 16.2 Å². The number of hydrogen-bond acceptors (Lipinski definition) is 4. The molecule has 7 heteroatoms. The second-order valence-electron chi connectivity index (χ2n) is 4.75. The molecule has 1 unspecified atom stereocenters. The molecular weight excluding hydrogens is 314 g/mol. The molecule has 21 heavy (non-hydrogen) atoms. The number of methoxy groups -OCH3 is 1. The van der Waals surface area contributed by atoms with E-state index in [2.05, 4.69) is 0 Å². The minimum atomic E-state index is -4.11. The van der Waals surface area contributed by atoms with Gasteiger partial charge < -0.3 is 4.74 Å². The zero-order valence-corrected chi connectivity index (χ0v) is 12.7. The monoisotopic (exact) mass is 325 g/mol. The predicted octanol–water partition coefficient (Wildman–Crippen LogP) is 2.61. The molecule has 1 amide bonds. The molecular formula is C14H12ClNO4S. The normalized spacial score (nSPS) is 18.7. The number of fused-ring (bicyclic) bond motifs is 1. The van der Waals surface area contributed by atoms with Crippen LogP contribution in [0.5, 0.6) is 5.75 Å². The lowest BCUT2D eigenvalue weighted by Gasteiger charge is -2.38. The number of halogens is 1. The molecule has 3 rings (SSSR count). The van der Waals surface area contributed by atoms with Gasteiger partial charge in [-0.3, -0.25) is 4.79 Å². The summed E-state index contributed by atoms with van der Waals surface area (Å²) in [7, 11) is 2.76. The first-order chi connectivity index (χ1) is 9.93.